The minimum absolute atomic E-state index is 0.261. The summed E-state index contributed by atoms with van der Waals surface area (Å²) in [4.78, 5) is 16.2. The molecule has 0 saturated carbocycles. The van der Waals surface area contributed by atoms with Crippen molar-refractivity contribution in [2.75, 3.05) is 0 Å². The summed E-state index contributed by atoms with van der Waals surface area (Å²) < 4.78 is 21.0. The number of rotatable bonds is 4. The lowest BCUT2D eigenvalue weighted by atomic mass is 9.99. The van der Waals surface area contributed by atoms with Crippen LogP contribution in [0.2, 0.25) is 0 Å². The van der Waals surface area contributed by atoms with Crippen molar-refractivity contribution in [1.29, 1.82) is 0 Å². The van der Waals surface area contributed by atoms with Crippen LogP contribution in [0.15, 0.2) is 30.7 Å². The van der Waals surface area contributed by atoms with Crippen LogP contribution in [0.1, 0.15) is 45.9 Å². The third-order valence-corrected chi connectivity index (χ3v) is 3.61. The molecule has 0 atom stereocenters. The first-order valence-electron chi connectivity index (χ1n) is 8.26. The Labute approximate surface area is 148 Å². The van der Waals surface area contributed by atoms with Gasteiger partial charge in [-0.3, -0.25) is 0 Å². The Hall–Kier alpha value is -2.37. The zero-order valence-electron chi connectivity index (χ0n) is 15.7. The standard InChI is InChI=1S/C19H26FN3O2/c1-13-7-8-14(9-16(13)20)23-12-21-11-15(23)10-19(5,6)22-17(24)25-18(2,3)4/h7-9,11-12H,10H2,1-6H3,(H,22,24). The maximum atomic E-state index is 13.9. The van der Waals surface area contributed by atoms with Gasteiger partial charge in [0.15, 0.2) is 0 Å². The van der Waals surface area contributed by atoms with Crippen molar-refractivity contribution >= 4 is 6.09 Å². The van der Waals surface area contributed by atoms with Gasteiger partial charge in [0.25, 0.3) is 0 Å². The average Bonchev–Trinajstić information content (AvgIpc) is 2.86. The van der Waals surface area contributed by atoms with E-state index in [-0.39, 0.29) is 5.82 Å². The van der Waals surface area contributed by atoms with Crippen molar-refractivity contribution in [3.8, 4) is 5.69 Å². The Balaban J connectivity index is 2.16. The number of amides is 1. The molecule has 6 heteroatoms. The zero-order chi connectivity index (χ0) is 18.8. The Bertz CT molecular complexity index is 760. The molecule has 1 aromatic carbocycles. The molecule has 25 heavy (non-hydrogen) atoms. The van der Waals surface area contributed by atoms with Gasteiger partial charge in [0.2, 0.25) is 0 Å². The summed E-state index contributed by atoms with van der Waals surface area (Å²) in [5, 5.41) is 2.87. The van der Waals surface area contributed by atoms with E-state index in [2.05, 4.69) is 10.3 Å². The zero-order valence-corrected chi connectivity index (χ0v) is 15.7. The fourth-order valence-electron chi connectivity index (χ4n) is 2.49. The van der Waals surface area contributed by atoms with E-state index in [1.807, 2.05) is 45.3 Å². The number of hydrogen-bond acceptors (Lipinski definition) is 3. The molecule has 0 aliphatic heterocycles. The molecule has 0 aliphatic rings. The van der Waals surface area contributed by atoms with Crippen LogP contribution in [-0.2, 0) is 11.2 Å². The van der Waals surface area contributed by atoms with Crippen LogP contribution in [0.25, 0.3) is 5.69 Å². The van der Waals surface area contributed by atoms with Crippen molar-refractivity contribution in [1.82, 2.24) is 14.9 Å². The van der Waals surface area contributed by atoms with E-state index >= 15 is 0 Å². The first kappa shape index (κ1) is 19.0. The molecule has 136 valence electrons. The highest BCUT2D eigenvalue weighted by molar-refractivity contribution is 5.68. The number of benzene rings is 1. The lowest BCUT2D eigenvalue weighted by molar-refractivity contribution is 0.0472. The second-order valence-corrected chi connectivity index (χ2v) is 7.88. The number of halogens is 1. The molecule has 1 heterocycles. The van der Waals surface area contributed by atoms with E-state index in [4.69, 9.17) is 4.74 Å². The lowest BCUT2D eigenvalue weighted by Gasteiger charge is -2.29. The molecular formula is C19H26FN3O2. The lowest BCUT2D eigenvalue weighted by Crippen LogP contribution is -2.47. The first-order chi connectivity index (χ1) is 11.5. The van der Waals surface area contributed by atoms with Crippen LogP contribution in [0.3, 0.4) is 0 Å². The molecule has 1 aromatic heterocycles. The largest absolute Gasteiger partial charge is 0.444 e. The van der Waals surface area contributed by atoms with E-state index in [1.54, 1.807) is 25.5 Å². The molecule has 0 unspecified atom stereocenters. The van der Waals surface area contributed by atoms with Crippen LogP contribution < -0.4 is 5.32 Å². The van der Waals surface area contributed by atoms with Gasteiger partial charge < -0.3 is 14.6 Å². The Morgan fingerprint density at radius 1 is 1.28 bits per heavy atom. The second kappa shape index (κ2) is 6.86. The summed E-state index contributed by atoms with van der Waals surface area (Å²) in [5.41, 5.74) is 1.05. The van der Waals surface area contributed by atoms with Gasteiger partial charge in [-0.2, -0.15) is 0 Å². The first-order valence-corrected chi connectivity index (χ1v) is 8.26. The highest BCUT2D eigenvalue weighted by Crippen LogP contribution is 2.19. The minimum Gasteiger partial charge on any atom is -0.444 e. The maximum absolute atomic E-state index is 13.9. The van der Waals surface area contributed by atoms with Crippen molar-refractivity contribution < 1.29 is 13.9 Å². The van der Waals surface area contributed by atoms with Crippen LogP contribution in [-0.4, -0.2) is 26.8 Å². The molecule has 0 aliphatic carbocycles. The predicted octanol–water partition coefficient (Wildman–Crippen LogP) is 4.17. The van der Waals surface area contributed by atoms with Gasteiger partial charge in [-0.25, -0.2) is 14.2 Å². The molecule has 1 N–H and O–H groups in total. The van der Waals surface area contributed by atoms with Gasteiger partial charge in [0.05, 0.1) is 6.33 Å². The van der Waals surface area contributed by atoms with E-state index in [9.17, 15) is 9.18 Å². The molecule has 0 fully saturated rings. The maximum Gasteiger partial charge on any atom is 0.408 e. The van der Waals surface area contributed by atoms with Gasteiger partial charge in [-0.1, -0.05) is 6.07 Å². The van der Waals surface area contributed by atoms with Gasteiger partial charge in [0.1, 0.15) is 11.4 Å². The molecule has 1 amide bonds. The van der Waals surface area contributed by atoms with Crippen LogP contribution >= 0.6 is 0 Å². The topological polar surface area (TPSA) is 56.2 Å². The molecule has 0 bridgehead atoms. The summed E-state index contributed by atoms with van der Waals surface area (Å²) >= 11 is 0. The normalized spacial score (nSPS) is 12.1. The third kappa shape index (κ3) is 5.31. The molecule has 0 spiro atoms. The summed E-state index contributed by atoms with van der Waals surface area (Å²) in [6.45, 7) is 11.0. The van der Waals surface area contributed by atoms with Crippen molar-refractivity contribution in [3.05, 3.63) is 47.8 Å². The van der Waals surface area contributed by atoms with Crippen molar-refractivity contribution in [2.45, 2.75) is 59.1 Å². The number of nitrogens with one attached hydrogen (secondary N) is 1. The Morgan fingerprint density at radius 2 is 1.96 bits per heavy atom. The van der Waals surface area contributed by atoms with Crippen LogP contribution in [0.4, 0.5) is 9.18 Å². The number of carbonyl (C=O) groups excluding carboxylic acids is 1. The second-order valence-electron chi connectivity index (χ2n) is 7.88. The smallest absolute Gasteiger partial charge is 0.408 e. The van der Waals surface area contributed by atoms with Gasteiger partial charge in [-0.05, 0) is 59.2 Å². The van der Waals surface area contributed by atoms with Gasteiger partial charge in [-0.15, -0.1) is 0 Å². The molecular weight excluding hydrogens is 321 g/mol. The molecule has 2 rings (SSSR count). The summed E-state index contributed by atoms with van der Waals surface area (Å²) in [6, 6.07) is 5.06. The van der Waals surface area contributed by atoms with Crippen LogP contribution in [0.5, 0.6) is 0 Å². The van der Waals surface area contributed by atoms with E-state index in [0.29, 0.717) is 17.7 Å². The molecule has 2 aromatic rings. The average molecular weight is 347 g/mol. The Kier molecular flexibility index (Phi) is 5.20. The van der Waals surface area contributed by atoms with E-state index in [0.717, 1.165) is 5.69 Å². The van der Waals surface area contributed by atoms with Crippen molar-refractivity contribution in [3.63, 3.8) is 0 Å². The summed E-state index contributed by atoms with van der Waals surface area (Å²) in [5.74, 6) is -0.261. The number of alkyl carbamates (subject to hydrolysis) is 1. The molecule has 0 saturated heterocycles. The third-order valence-electron chi connectivity index (χ3n) is 3.61. The molecule has 5 nitrogen and oxygen atoms in total. The van der Waals surface area contributed by atoms with Gasteiger partial charge >= 0.3 is 6.09 Å². The monoisotopic (exact) mass is 347 g/mol. The number of ether oxygens (including phenoxy) is 1. The number of aromatic nitrogens is 2. The van der Waals surface area contributed by atoms with E-state index < -0.39 is 17.2 Å². The summed E-state index contributed by atoms with van der Waals surface area (Å²) in [6.07, 6.45) is 3.41. The minimum atomic E-state index is -0.554. The highest BCUT2D eigenvalue weighted by atomic mass is 19.1. The Morgan fingerprint density at radius 3 is 2.56 bits per heavy atom. The number of aryl methyl sites for hydroxylation is 1. The fraction of sp³-hybridized carbons (Fsp3) is 0.474. The number of nitrogens with zero attached hydrogens (tertiary/aromatic N) is 2. The number of hydrogen-bond donors (Lipinski definition) is 1. The van der Waals surface area contributed by atoms with Gasteiger partial charge in [0, 0.05) is 29.5 Å². The molecule has 0 radical (unpaired) electrons. The SMILES string of the molecule is Cc1ccc(-n2cncc2CC(C)(C)NC(=O)OC(C)(C)C)cc1F. The van der Waals surface area contributed by atoms with Crippen molar-refractivity contribution in [2.24, 2.45) is 0 Å². The van der Waals surface area contributed by atoms with Crippen LogP contribution in [0, 0.1) is 12.7 Å². The number of imidazole rings is 1. The highest BCUT2D eigenvalue weighted by Gasteiger charge is 2.26. The van der Waals surface area contributed by atoms with E-state index in [1.165, 1.54) is 6.07 Å². The number of carbonyl (C=O) groups is 1. The summed E-state index contributed by atoms with van der Waals surface area (Å²) in [7, 11) is 0. The quantitative estimate of drug-likeness (QED) is 0.903. The fourth-order valence-corrected chi connectivity index (χ4v) is 2.49. The predicted molar refractivity (Wildman–Crippen MR) is 95.4 cm³/mol.